The Balaban J connectivity index is 2.09. The smallest absolute Gasteiger partial charge is 0.254 e. The van der Waals surface area contributed by atoms with E-state index in [0.717, 1.165) is 0 Å². The van der Waals surface area contributed by atoms with Gasteiger partial charge in [0.2, 0.25) is 5.91 Å². The minimum absolute atomic E-state index is 0.216. The minimum atomic E-state index is -0.415. The van der Waals surface area contributed by atoms with E-state index in [9.17, 15) is 14.0 Å². The number of primary amides is 1. The van der Waals surface area contributed by atoms with Gasteiger partial charge in [0.05, 0.1) is 17.5 Å². The fourth-order valence-corrected chi connectivity index (χ4v) is 2.06. The molecule has 0 aliphatic rings. The molecule has 2 amide bonds. The molecule has 0 aliphatic carbocycles. The van der Waals surface area contributed by atoms with Gasteiger partial charge >= 0.3 is 0 Å². The number of nitrogens with one attached hydrogen (secondary N) is 1. The SMILES string of the molecule is Cc1c(C(=O)NCCCC(N)=O)cnn1-c1ccccc1F. The molecule has 3 N–H and O–H groups in total. The number of benzene rings is 1. The van der Waals surface area contributed by atoms with Crippen LogP contribution in [0.15, 0.2) is 30.5 Å². The Hall–Kier alpha value is -2.70. The molecule has 0 atom stereocenters. The maximum atomic E-state index is 13.8. The van der Waals surface area contributed by atoms with Gasteiger partial charge in [-0.05, 0) is 25.5 Å². The third-order valence-electron chi connectivity index (χ3n) is 3.22. The zero-order valence-electron chi connectivity index (χ0n) is 12.2. The average molecular weight is 304 g/mol. The summed E-state index contributed by atoms with van der Waals surface area (Å²) in [6, 6.07) is 6.21. The highest BCUT2D eigenvalue weighted by molar-refractivity contribution is 5.95. The highest BCUT2D eigenvalue weighted by atomic mass is 19.1. The van der Waals surface area contributed by atoms with Gasteiger partial charge in [0, 0.05) is 13.0 Å². The minimum Gasteiger partial charge on any atom is -0.370 e. The Morgan fingerprint density at radius 3 is 2.77 bits per heavy atom. The fraction of sp³-hybridized carbons (Fsp3) is 0.267. The molecule has 0 aliphatic heterocycles. The molecule has 7 heteroatoms. The lowest BCUT2D eigenvalue weighted by Gasteiger charge is -2.07. The molecule has 0 saturated heterocycles. The van der Waals surface area contributed by atoms with E-state index in [1.54, 1.807) is 25.1 Å². The lowest BCUT2D eigenvalue weighted by molar-refractivity contribution is -0.118. The Bertz CT molecular complexity index is 697. The number of hydrogen-bond donors (Lipinski definition) is 2. The first kappa shape index (κ1) is 15.7. The summed E-state index contributed by atoms with van der Waals surface area (Å²) in [4.78, 5) is 22.7. The summed E-state index contributed by atoms with van der Waals surface area (Å²) in [5, 5.41) is 6.75. The van der Waals surface area contributed by atoms with Crippen molar-refractivity contribution in [3.63, 3.8) is 0 Å². The van der Waals surface area contributed by atoms with Crippen molar-refractivity contribution in [2.75, 3.05) is 6.54 Å². The van der Waals surface area contributed by atoms with Crippen LogP contribution in [0.1, 0.15) is 28.9 Å². The normalized spacial score (nSPS) is 10.5. The fourth-order valence-electron chi connectivity index (χ4n) is 2.06. The highest BCUT2D eigenvalue weighted by Gasteiger charge is 2.16. The lowest BCUT2D eigenvalue weighted by atomic mass is 10.2. The molecule has 1 aromatic carbocycles. The number of hydrogen-bond acceptors (Lipinski definition) is 3. The number of carbonyl (C=O) groups excluding carboxylic acids is 2. The van der Waals surface area contributed by atoms with Gasteiger partial charge in [-0.2, -0.15) is 5.10 Å². The van der Waals surface area contributed by atoms with E-state index >= 15 is 0 Å². The predicted molar refractivity (Wildman–Crippen MR) is 79.0 cm³/mol. The molecule has 1 aromatic heterocycles. The summed E-state index contributed by atoms with van der Waals surface area (Å²) >= 11 is 0. The molecule has 2 rings (SSSR count). The molecular weight excluding hydrogens is 287 g/mol. The van der Waals surface area contributed by atoms with Crippen molar-refractivity contribution in [3.8, 4) is 5.69 Å². The number of amides is 2. The standard InChI is InChI=1S/C15H17FN4O2/c1-10-11(15(22)18-8-4-7-14(17)21)9-19-20(10)13-6-3-2-5-12(13)16/h2-3,5-6,9H,4,7-8H2,1H3,(H2,17,21)(H,18,22). The zero-order chi connectivity index (χ0) is 16.1. The van der Waals surface area contributed by atoms with Crippen molar-refractivity contribution in [3.05, 3.63) is 47.5 Å². The first-order chi connectivity index (χ1) is 10.5. The van der Waals surface area contributed by atoms with Gasteiger partial charge in [-0.1, -0.05) is 12.1 Å². The van der Waals surface area contributed by atoms with Crippen molar-refractivity contribution in [2.24, 2.45) is 5.73 Å². The van der Waals surface area contributed by atoms with Crippen molar-refractivity contribution in [1.82, 2.24) is 15.1 Å². The number of nitrogens with two attached hydrogens (primary N) is 1. The Morgan fingerprint density at radius 2 is 2.09 bits per heavy atom. The third-order valence-corrected chi connectivity index (χ3v) is 3.22. The molecule has 0 bridgehead atoms. The van der Waals surface area contributed by atoms with Gasteiger partial charge in [-0.3, -0.25) is 9.59 Å². The number of aromatic nitrogens is 2. The van der Waals surface area contributed by atoms with Crippen LogP contribution >= 0.6 is 0 Å². The average Bonchev–Trinajstić information content (AvgIpc) is 2.85. The zero-order valence-corrected chi connectivity index (χ0v) is 12.2. The van der Waals surface area contributed by atoms with Gasteiger partial charge < -0.3 is 11.1 Å². The summed E-state index contributed by atoms with van der Waals surface area (Å²) in [6.45, 7) is 2.03. The number of carbonyl (C=O) groups is 2. The van der Waals surface area contributed by atoms with Crippen molar-refractivity contribution in [2.45, 2.75) is 19.8 Å². The number of para-hydroxylation sites is 1. The van der Waals surface area contributed by atoms with Crippen LogP contribution in [0.2, 0.25) is 0 Å². The van der Waals surface area contributed by atoms with Crippen molar-refractivity contribution >= 4 is 11.8 Å². The number of rotatable bonds is 6. The Kier molecular flexibility index (Phi) is 4.88. The molecular formula is C15H17FN4O2. The van der Waals surface area contributed by atoms with Crippen LogP contribution in [-0.2, 0) is 4.79 Å². The number of nitrogens with zero attached hydrogens (tertiary/aromatic N) is 2. The summed E-state index contributed by atoms with van der Waals surface area (Å²) in [5.41, 5.74) is 6.21. The number of halogens is 1. The predicted octanol–water partition coefficient (Wildman–Crippen LogP) is 1.32. The molecule has 0 unspecified atom stereocenters. The molecule has 0 fully saturated rings. The van der Waals surface area contributed by atoms with Crippen LogP contribution in [-0.4, -0.2) is 28.1 Å². The molecule has 1 heterocycles. The first-order valence-corrected chi connectivity index (χ1v) is 6.86. The summed E-state index contributed by atoms with van der Waals surface area (Å²) in [5.74, 6) is -1.13. The van der Waals surface area contributed by atoms with E-state index in [1.165, 1.54) is 16.9 Å². The topological polar surface area (TPSA) is 90.0 Å². The second-order valence-corrected chi connectivity index (χ2v) is 4.83. The molecule has 0 spiro atoms. The molecule has 22 heavy (non-hydrogen) atoms. The molecule has 0 saturated carbocycles. The molecule has 0 radical (unpaired) electrons. The van der Waals surface area contributed by atoms with E-state index < -0.39 is 11.7 Å². The maximum absolute atomic E-state index is 13.8. The largest absolute Gasteiger partial charge is 0.370 e. The van der Waals surface area contributed by atoms with Gasteiger partial charge in [0.15, 0.2) is 0 Å². The van der Waals surface area contributed by atoms with Crippen LogP contribution in [0.3, 0.4) is 0 Å². The summed E-state index contributed by atoms with van der Waals surface area (Å²) in [6.07, 6.45) is 2.08. The monoisotopic (exact) mass is 304 g/mol. The summed E-state index contributed by atoms with van der Waals surface area (Å²) in [7, 11) is 0. The van der Waals surface area contributed by atoms with Crippen molar-refractivity contribution < 1.29 is 14.0 Å². The maximum Gasteiger partial charge on any atom is 0.254 e. The van der Waals surface area contributed by atoms with Gasteiger partial charge in [0.1, 0.15) is 11.5 Å². The molecule has 2 aromatic rings. The van der Waals surface area contributed by atoms with E-state index in [-0.39, 0.29) is 18.0 Å². The van der Waals surface area contributed by atoms with E-state index in [4.69, 9.17) is 5.73 Å². The second kappa shape index (κ2) is 6.84. The van der Waals surface area contributed by atoms with Crippen LogP contribution in [0, 0.1) is 12.7 Å². The van der Waals surface area contributed by atoms with Gasteiger partial charge in [-0.25, -0.2) is 9.07 Å². The van der Waals surface area contributed by atoms with E-state index in [2.05, 4.69) is 10.4 Å². The van der Waals surface area contributed by atoms with Gasteiger partial charge in [-0.15, -0.1) is 0 Å². The summed E-state index contributed by atoms with van der Waals surface area (Å²) < 4.78 is 15.2. The first-order valence-electron chi connectivity index (χ1n) is 6.86. The van der Waals surface area contributed by atoms with E-state index in [0.29, 0.717) is 24.2 Å². The quantitative estimate of drug-likeness (QED) is 0.789. The van der Waals surface area contributed by atoms with Crippen molar-refractivity contribution in [1.29, 1.82) is 0 Å². The molecule has 6 nitrogen and oxygen atoms in total. The third kappa shape index (κ3) is 3.49. The van der Waals surface area contributed by atoms with Crippen LogP contribution < -0.4 is 11.1 Å². The highest BCUT2D eigenvalue weighted by Crippen LogP contribution is 2.16. The Labute approximate surface area is 127 Å². The lowest BCUT2D eigenvalue weighted by Crippen LogP contribution is -2.26. The van der Waals surface area contributed by atoms with Crippen LogP contribution in [0.25, 0.3) is 5.69 Å². The van der Waals surface area contributed by atoms with Crippen LogP contribution in [0.4, 0.5) is 4.39 Å². The molecule has 116 valence electrons. The van der Waals surface area contributed by atoms with Crippen LogP contribution in [0.5, 0.6) is 0 Å². The second-order valence-electron chi connectivity index (χ2n) is 4.83. The Morgan fingerprint density at radius 1 is 1.36 bits per heavy atom. The van der Waals surface area contributed by atoms with E-state index in [1.807, 2.05) is 0 Å². The van der Waals surface area contributed by atoms with Gasteiger partial charge in [0.25, 0.3) is 5.91 Å².